The third-order valence-corrected chi connectivity index (χ3v) is 5.30. The molecule has 2 saturated heterocycles. The van der Waals surface area contributed by atoms with E-state index < -0.39 is 0 Å². The minimum absolute atomic E-state index is 0.188. The molecule has 4 heterocycles. The standard InChI is InChI=1S/C18H25N5O3/c1-13-7-20-15(8-19-13)9-21-17(24)16-6-18(26-22-16)3-4-23(12-18)10-14-2-5-25-11-14/h7-8,14H,2-6,9-12H2,1H3,(H,21,24)/t14-,18-/m0/s1. The van der Waals surface area contributed by atoms with Crippen molar-refractivity contribution in [2.45, 2.75) is 38.3 Å². The molecule has 8 nitrogen and oxygen atoms in total. The van der Waals surface area contributed by atoms with E-state index in [1.165, 1.54) is 0 Å². The fourth-order valence-electron chi connectivity index (χ4n) is 3.82. The second kappa shape index (κ2) is 7.28. The summed E-state index contributed by atoms with van der Waals surface area (Å²) >= 11 is 0. The number of amides is 1. The second-order valence-electron chi connectivity index (χ2n) is 7.54. The molecule has 1 aromatic heterocycles. The zero-order chi connectivity index (χ0) is 18.0. The first-order valence-corrected chi connectivity index (χ1v) is 9.23. The highest BCUT2D eigenvalue weighted by molar-refractivity contribution is 6.39. The van der Waals surface area contributed by atoms with E-state index in [1.807, 2.05) is 6.92 Å². The lowest BCUT2D eigenvalue weighted by Gasteiger charge is -2.23. The third-order valence-electron chi connectivity index (χ3n) is 5.30. The van der Waals surface area contributed by atoms with Crippen molar-refractivity contribution in [2.75, 3.05) is 32.8 Å². The van der Waals surface area contributed by atoms with Crippen molar-refractivity contribution in [2.24, 2.45) is 11.1 Å². The Morgan fingerprint density at radius 1 is 1.42 bits per heavy atom. The molecule has 0 aliphatic carbocycles. The van der Waals surface area contributed by atoms with Crippen LogP contribution < -0.4 is 5.32 Å². The Labute approximate surface area is 153 Å². The first-order chi connectivity index (χ1) is 12.6. The number of carbonyl (C=O) groups is 1. The van der Waals surface area contributed by atoms with E-state index in [2.05, 4.69) is 25.3 Å². The molecule has 1 N–H and O–H groups in total. The van der Waals surface area contributed by atoms with Crippen molar-refractivity contribution in [3.63, 3.8) is 0 Å². The lowest BCUT2D eigenvalue weighted by molar-refractivity contribution is -0.115. The van der Waals surface area contributed by atoms with Crippen LogP contribution in [0.1, 0.15) is 30.7 Å². The van der Waals surface area contributed by atoms with Crippen LogP contribution >= 0.6 is 0 Å². The Balaban J connectivity index is 1.26. The molecule has 0 bridgehead atoms. The molecule has 3 aliphatic rings. The number of aromatic nitrogens is 2. The molecule has 1 spiro atoms. The second-order valence-corrected chi connectivity index (χ2v) is 7.54. The van der Waals surface area contributed by atoms with Crippen LogP contribution in [0.5, 0.6) is 0 Å². The molecule has 3 aliphatic heterocycles. The van der Waals surface area contributed by atoms with Crippen LogP contribution in [-0.4, -0.2) is 64.9 Å². The van der Waals surface area contributed by atoms with Crippen LogP contribution in [-0.2, 0) is 20.9 Å². The van der Waals surface area contributed by atoms with Gasteiger partial charge in [-0.2, -0.15) is 0 Å². The maximum atomic E-state index is 12.4. The van der Waals surface area contributed by atoms with Crippen molar-refractivity contribution in [1.29, 1.82) is 0 Å². The normalized spacial score (nSPS) is 28.3. The topological polar surface area (TPSA) is 88.9 Å². The summed E-state index contributed by atoms with van der Waals surface area (Å²) in [6.45, 7) is 6.80. The van der Waals surface area contributed by atoms with Gasteiger partial charge in [0.25, 0.3) is 5.91 Å². The fraction of sp³-hybridized carbons (Fsp3) is 0.667. The van der Waals surface area contributed by atoms with Gasteiger partial charge in [-0.25, -0.2) is 0 Å². The summed E-state index contributed by atoms with van der Waals surface area (Å²) in [5.74, 6) is 0.428. The Morgan fingerprint density at radius 3 is 3.12 bits per heavy atom. The Hall–Kier alpha value is -2.06. The Kier molecular flexibility index (Phi) is 4.86. The van der Waals surface area contributed by atoms with Gasteiger partial charge in [0.2, 0.25) is 0 Å². The zero-order valence-corrected chi connectivity index (χ0v) is 15.1. The minimum atomic E-state index is -0.338. The molecule has 0 radical (unpaired) electrons. The van der Waals surface area contributed by atoms with Crippen molar-refractivity contribution >= 4 is 11.6 Å². The van der Waals surface area contributed by atoms with Crippen molar-refractivity contribution in [3.05, 3.63) is 23.8 Å². The predicted octanol–water partition coefficient (Wildman–Crippen LogP) is 0.659. The number of ether oxygens (including phenoxy) is 1. The lowest BCUT2D eigenvalue weighted by atomic mass is 9.96. The molecule has 4 rings (SSSR count). The van der Waals surface area contributed by atoms with Gasteiger partial charge in [-0.3, -0.25) is 19.7 Å². The van der Waals surface area contributed by atoms with E-state index in [-0.39, 0.29) is 11.5 Å². The maximum absolute atomic E-state index is 12.4. The average molecular weight is 359 g/mol. The van der Waals surface area contributed by atoms with Gasteiger partial charge in [0.05, 0.1) is 30.7 Å². The smallest absolute Gasteiger partial charge is 0.269 e. The van der Waals surface area contributed by atoms with Gasteiger partial charge in [0, 0.05) is 45.3 Å². The number of nitrogens with one attached hydrogen (secondary N) is 1. The number of nitrogens with zero attached hydrogens (tertiary/aromatic N) is 4. The van der Waals surface area contributed by atoms with Gasteiger partial charge in [-0.15, -0.1) is 0 Å². The quantitative estimate of drug-likeness (QED) is 0.831. The summed E-state index contributed by atoms with van der Waals surface area (Å²) < 4.78 is 5.46. The van der Waals surface area contributed by atoms with Gasteiger partial charge in [0.15, 0.2) is 5.60 Å². The molecule has 0 unspecified atom stereocenters. The summed E-state index contributed by atoms with van der Waals surface area (Å²) in [5.41, 5.74) is 1.71. The molecule has 1 amide bonds. The van der Waals surface area contributed by atoms with Crippen LogP contribution in [0.4, 0.5) is 0 Å². The van der Waals surface area contributed by atoms with Crippen molar-refractivity contribution in [3.8, 4) is 0 Å². The number of likely N-dealkylation sites (tertiary alicyclic amines) is 1. The molecule has 0 saturated carbocycles. The molecular formula is C18H25N5O3. The van der Waals surface area contributed by atoms with Crippen LogP contribution in [0.3, 0.4) is 0 Å². The van der Waals surface area contributed by atoms with E-state index in [0.717, 1.165) is 57.1 Å². The van der Waals surface area contributed by atoms with E-state index in [1.54, 1.807) is 12.4 Å². The highest BCUT2D eigenvalue weighted by Gasteiger charge is 2.46. The largest absolute Gasteiger partial charge is 0.387 e. The highest BCUT2D eigenvalue weighted by Crippen LogP contribution is 2.34. The Morgan fingerprint density at radius 2 is 2.35 bits per heavy atom. The molecule has 26 heavy (non-hydrogen) atoms. The van der Waals surface area contributed by atoms with Crippen LogP contribution in [0.15, 0.2) is 17.5 Å². The average Bonchev–Trinajstić information content (AvgIpc) is 3.38. The van der Waals surface area contributed by atoms with E-state index in [9.17, 15) is 4.79 Å². The van der Waals surface area contributed by atoms with Crippen molar-refractivity contribution < 1.29 is 14.4 Å². The molecular weight excluding hydrogens is 334 g/mol. The minimum Gasteiger partial charge on any atom is -0.387 e. The third kappa shape index (κ3) is 3.86. The van der Waals surface area contributed by atoms with Crippen molar-refractivity contribution in [1.82, 2.24) is 20.2 Å². The fourth-order valence-corrected chi connectivity index (χ4v) is 3.82. The van der Waals surface area contributed by atoms with E-state index in [4.69, 9.17) is 9.57 Å². The predicted molar refractivity (Wildman–Crippen MR) is 94.5 cm³/mol. The summed E-state index contributed by atoms with van der Waals surface area (Å²) in [6.07, 6.45) is 5.97. The highest BCUT2D eigenvalue weighted by atomic mass is 16.7. The number of hydrogen-bond donors (Lipinski definition) is 1. The monoisotopic (exact) mass is 359 g/mol. The number of rotatable bonds is 5. The number of hydrogen-bond acceptors (Lipinski definition) is 7. The SMILES string of the molecule is Cc1cnc(CNC(=O)C2=NO[C@@]3(CCN(C[C@@H]4CCOC4)C3)C2)cn1. The summed E-state index contributed by atoms with van der Waals surface area (Å²) in [6, 6.07) is 0. The summed E-state index contributed by atoms with van der Waals surface area (Å²) in [7, 11) is 0. The number of aryl methyl sites for hydroxylation is 1. The van der Waals surface area contributed by atoms with Gasteiger partial charge < -0.3 is 14.9 Å². The summed E-state index contributed by atoms with van der Waals surface area (Å²) in [4.78, 5) is 28.9. The van der Waals surface area contributed by atoms with Gasteiger partial charge in [-0.1, -0.05) is 5.16 Å². The molecule has 8 heteroatoms. The zero-order valence-electron chi connectivity index (χ0n) is 15.1. The van der Waals surface area contributed by atoms with Gasteiger partial charge in [-0.05, 0) is 19.3 Å². The molecule has 2 atom stereocenters. The van der Waals surface area contributed by atoms with E-state index >= 15 is 0 Å². The van der Waals surface area contributed by atoms with Gasteiger partial charge >= 0.3 is 0 Å². The molecule has 0 aromatic carbocycles. The first kappa shape index (κ1) is 17.4. The lowest BCUT2D eigenvalue weighted by Crippen LogP contribution is -2.38. The number of oxime groups is 1. The molecule has 2 fully saturated rings. The summed E-state index contributed by atoms with van der Waals surface area (Å²) in [5, 5.41) is 6.94. The first-order valence-electron chi connectivity index (χ1n) is 9.23. The van der Waals surface area contributed by atoms with E-state index in [0.29, 0.717) is 24.6 Å². The van der Waals surface area contributed by atoms with Crippen LogP contribution in [0, 0.1) is 12.8 Å². The molecule has 1 aromatic rings. The number of carbonyl (C=O) groups excluding carboxylic acids is 1. The Bertz CT molecular complexity index is 687. The van der Waals surface area contributed by atoms with Crippen LogP contribution in [0.2, 0.25) is 0 Å². The van der Waals surface area contributed by atoms with Crippen LogP contribution in [0.25, 0.3) is 0 Å². The van der Waals surface area contributed by atoms with Gasteiger partial charge in [0.1, 0.15) is 5.71 Å². The molecule has 140 valence electrons. The maximum Gasteiger partial charge on any atom is 0.269 e.